The molecule has 0 saturated carbocycles. The minimum atomic E-state index is -0.564. The van der Waals surface area contributed by atoms with Gasteiger partial charge in [-0.15, -0.1) is 6.58 Å². The van der Waals surface area contributed by atoms with Crippen molar-refractivity contribution in [3.05, 3.63) is 24.8 Å². The Kier molecular flexibility index (Phi) is 15.2. The molecule has 0 bridgehead atoms. The summed E-state index contributed by atoms with van der Waals surface area (Å²) in [7, 11) is 4.66. The summed E-state index contributed by atoms with van der Waals surface area (Å²) in [4.78, 5) is 0. The highest BCUT2D eigenvalue weighted by Crippen LogP contribution is 2.17. The zero-order valence-electron chi connectivity index (χ0n) is 15.2. The molecule has 0 fully saturated rings. The second kappa shape index (κ2) is 15.7. The second-order valence-electron chi connectivity index (χ2n) is 5.18. The Hall–Kier alpha value is -0.800. The molecular weight excluding hydrogens is 316 g/mol. The highest BCUT2D eigenvalue weighted by atomic mass is 16.7. The highest BCUT2D eigenvalue weighted by molar-refractivity contribution is 4.95. The lowest BCUT2D eigenvalue weighted by molar-refractivity contribution is -0.202. The maximum Gasteiger partial charge on any atom is 0.146 e. The van der Waals surface area contributed by atoms with Gasteiger partial charge in [-0.3, -0.25) is 0 Å². The van der Waals surface area contributed by atoms with Gasteiger partial charge in [-0.25, -0.2) is 0 Å². The van der Waals surface area contributed by atoms with Crippen LogP contribution in [0.5, 0.6) is 0 Å². The predicted octanol–water partition coefficient (Wildman–Crippen LogP) is 1.86. The molecule has 1 N–H and O–H groups in total. The molecule has 0 aliphatic heterocycles. The quantitative estimate of drug-likeness (QED) is 0.337. The molecule has 0 aromatic heterocycles. The average Bonchev–Trinajstić information content (AvgIpc) is 2.57. The van der Waals surface area contributed by atoms with Crippen LogP contribution in [0.25, 0.3) is 0 Å². The normalized spacial score (nSPS) is 16.9. The molecular formula is C17H32O7. The minimum absolute atomic E-state index is 0.112. The Morgan fingerprint density at radius 3 is 2.08 bits per heavy atom. The van der Waals surface area contributed by atoms with Crippen LogP contribution < -0.4 is 0 Å². The third-order valence-electron chi connectivity index (χ3n) is 3.19. The first-order valence-corrected chi connectivity index (χ1v) is 7.87. The van der Waals surface area contributed by atoms with Gasteiger partial charge in [-0.1, -0.05) is 18.2 Å². The van der Waals surface area contributed by atoms with Crippen molar-refractivity contribution >= 4 is 0 Å². The van der Waals surface area contributed by atoms with Crippen LogP contribution in [0.3, 0.4) is 0 Å². The number of hydrogen-bond donors (Lipinski definition) is 1. The SMILES string of the molecule is C=CC[C@@H](O)/C=C/C[C@@H](OCOC)[C@H](OCOC)[C@@H](C)OCOC. The Morgan fingerprint density at radius 2 is 1.50 bits per heavy atom. The molecule has 142 valence electrons. The van der Waals surface area contributed by atoms with E-state index in [0.29, 0.717) is 12.8 Å². The molecule has 0 heterocycles. The van der Waals surface area contributed by atoms with E-state index in [9.17, 15) is 5.11 Å². The van der Waals surface area contributed by atoms with Crippen molar-refractivity contribution in [1.29, 1.82) is 0 Å². The Labute approximate surface area is 145 Å². The zero-order valence-corrected chi connectivity index (χ0v) is 15.2. The van der Waals surface area contributed by atoms with Crippen molar-refractivity contribution in [2.45, 2.75) is 44.2 Å². The van der Waals surface area contributed by atoms with Gasteiger partial charge in [0, 0.05) is 21.3 Å². The van der Waals surface area contributed by atoms with Crippen molar-refractivity contribution in [1.82, 2.24) is 0 Å². The van der Waals surface area contributed by atoms with E-state index in [2.05, 4.69) is 6.58 Å². The molecule has 0 rings (SSSR count). The summed E-state index contributed by atoms with van der Waals surface area (Å²) >= 11 is 0. The van der Waals surface area contributed by atoms with Crippen LogP contribution in [0.1, 0.15) is 19.8 Å². The predicted molar refractivity (Wildman–Crippen MR) is 90.5 cm³/mol. The highest BCUT2D eigenvalue weighted by Gasteiger charge is 2.29. The molecule has 24 heavy (non-hydrogen) atoms. The van der Waals surface area contributed by atoms with Crippen LogP contribution in [0, 0.1) is 0 Å². The van der Waals surface area contributed by atoms with Crippen LogP contribution in [-0.4, -0.2) is 71.2 Å². The van der Waals surface area contributed by atoms with E-state index in [1.165, 1.54) is 0 Å². The minimum Gasteiger partial charge on any atom is -0.389 e. The number of aliphatic hydroxyl groups is 1. The van der Waals surface area contributed by atoms with E-state index >= 15 is 0 Å². The molecule has 0 aromatic rings. The molecule has 0 spiro atoms. The first kappa shape index (κ1) is 23.2. The van der Waals surface area contributed by atoms with Gasteiger partial charge in [0.15, 0.2) is 0 Å². The molecule has 0 unspecified atom stereocenters. The van der Waals surface area contributed by atoms with Crippen molar-refractivity contribution < 1.29 is 33.5 Å². The largest absolute Gasteiger partial charge is 0.389 e. The summed E-state index contributed by atoms with van der Waals surface area (Å²) in [5, 5.41) is 9.73. The second-order valence-corrected chi connectivity index (χ2v) is 5.18. The monoisotopic (exact) mass is 348 g/mol. The molecule has 0 aromatic carbocycles. The molecule has 4 atom stereocenters. The van der Waals surface area contributed by atoms with Gasteiger partial charge in [0.2, 0.25) is 0 Å². The maximum atomic E-state index is 9.73. The van der Waals surface area contributed by atoms with E-state index in [1.807, 2.05) is 13.0 Å². The number of rotatable bonds is 16. The zero-order chi connectivity index (χ0) is 18.2. The van der Waals surface area contributed by atoms with Crippen molar-refractivity contribution in [3.63, 3.8) is 0 Å². The maximum absolute atomic E-state index is 9.73. The van der Waals surface area contributed by atoms with Crippen LogP contribution in [0.4, 0.5) is 0 Å². The summed E-state index contributed by atoms with van der Waals surface area (Å²) in [5.41, 5.74) is 0. The summed E-state index contributed by atoms with van der Waals surface area (Å²) in [6.45, 7) is 5.86. The van der Waals surface area contributed by atoms with Gasteiger partial charge in [0.25, 0.3) is 0 Å². The van der Waals surface area contributed by atoms with Crippen molar-refractivity contribution in [2.24, 2.45) is 0 Å². The lowest BCUT2D eigenvalue weighted by Crippen LogP contribution is -2.42. The molecule has 7 nitrogen and oxygen atoms in total. The third-order valence-corrected chi connectivity index (χ3v) is 3.19. The molecule has 0 radical (unpaired) electrons. The summed E-state index contributed by atoms with van der Waals surface area (Å²) in [6, 6.07) is 0. The first-order valence-electron chi connectivity index (χ1n) is 7.87. The number of aliphatic hydroxyl groups excluding tert-OH is 1. The summed E-state index contributed by atoms with van der Waals surface area (Å²) in [5.74, 6) is 0. The van der Waals surface area contributed by atoms with Gasteiger partial charge < -0.3 is 33.5 Å². The molecule has 7 heteroatoms. The topological polar surface area (TPSA) is 75.6 Å². The van der Waals surface area contributed by atoms with Crippen LogP contribution >= 0.6 is 0 Å². The fourth-order valence-corrected chi connectivity index (χ4v) is 2.03. The average molecular weight is 348 g/mol. The molecule has 0 saturated heterocycles. The Morgan fingerprint density at radius 1 is 0.917 bits per heavy atom. The van der Waals surface area contributed by atoms with E-state index in [0.717, 1.165) is 0 Å². The lowest BCUT2D eigenvalue weighted by atomic mass is 10.0. The van der Waals surface area contributed by atoms with Crippen LogP contribution in [0.2, 0.25) is 0 Å². The van der Waals surface area contributed by atoms with Gasteiger partial charge in [-0.05, 0) is 19.8 Å². The number of hydrogen-bond acceptors (Lipinski definition) is 7. The van der Waals surface area contributed by atoms with Crippen molar-refractivity contribution in [3.8, 4) is 0 Å². The fourth-order valence-electron chi connectivity index (χ4n) is 2.03. The van der Waals surface area contributed by atoms with Gasteiger partial charge in [0.05, 0.1) is 18.3 Å². The third kappa shape index (κ3) is 10.9. The fraction of sp³-hybridized carbons (Fsp3) is 0.765. The van der Waals surface area contributed by atoms with Crippen LogP contribution in [-0.2, 0) is 28.4 Å². The van der Waals surface area contributed by atoms with Gasteiger partial charge in [0.1, 0.15) is 26.5 Å². The van der Waals surface area contributed by atoms with E-state index in [-0.39, 0.29) is 32.6 Å². The standard InChI is InChI=1S/C17H32O7/c1-6-8-15(18)9-7-10-16(23-12-20-4)17(24-13-21-5)14(2)22-11-19-3/h6-7,9,14-18H,1,8,10-13H2,2-5H3/b9-7+/t14-,15-,16-,17-/m1/s1. The van der Waals surface area contributed by atoms with Gasteiger partial charge in [-0.2, -0.15) is 0 Å². The Balaban J connectivity index is 4.87. The first-order chi connectivity index (χ1) is 11.6. The van der Waals surface area contributed by atoms with Crippen molar-refractivity contribution in [2.75, 3.05) is 41.7 Å². The van der Waals surface area contributed by atoms with Crippen LogP contribution in [0.15, 0.2) is 24.8 Å². The van der Waals surface area contributed by atoms with E-state index in [1.54, 1.807) is 33.5 Å². The van der Waals surface area contributed by atoms with Gasteiger partial charge >= 0.3 is 0 Å². The number of methoxy groups -OCH3 is 3. The molecule has 0 aliphatic rings. The molecule has 0 aliphatic carbocycles. The smallest absolute Gasteiger partial charge is 0.146 e. The Bertz CT molecular complexity index is 322. The summed E-state index contributed by atoms with van der Waals surface area (Å²) < 4.78 is 31.9. The lowest BCUT2D eigenvalue weighted by Gasteiger charge is -2.30. The van der Waals surface area contributed by atoms with E-state index < -0.39 is 12.2 Å². The summed E-state index contributed by atoms with van der Waals surface area (Å²) in [6.07, 6.45) is 4.66. The number of ether oxygens (including phenoxy) is 6. The molecule has 0 amide bonds. The van der Waals surface area contributed by atoms with E-state index in [4.69, 9.17) is 28.4 Å².